The number of nitrogens with one attached hydrogen (secondary N) is 1. The van der Waals surface area contributed by atoms with Crippen molar-refractivity contribution in [3.8, 4) is 0 Å². The van der Waals surface area contributed by atoms with Gasteiger partial charge in [0.05, 0.1) is 0 Å². The second kappa shape index (κ2) is 4.94. The Morgan fingerprint density at radius 3 is 2.38 bits per heavy atom. The summed E-state index contributed by atoms with van der Waals surface area (Å²) < 4.78 is 0. The maximum atomic E-state index is 5.81. The molecule has 0 heterocycles. The number of likely N-dealkylation sites (N-methyl/N-ethyl adjacent to an activating group) is 1. The van der Waals surface area contributed by atoms with E-state index in [4.69, 9.17) is 5.73 Å². The predicted octanol–water partition coefficient (Wildman–Crippen LogP) is 0.409. The Labute approximate surface area is 81.7 Å². The summed E-state index contributed by atoms with van der Waals surface area (Å²) in [5.41, 5.74) is 6.08. The second-order valence-corrected chi connectivity index (χ2v) is 4.42. The van der Waals surface area contributed by atoms with E-state index in [0.717, 1.165) is 19.6 Å². The highest BCUT2D eigenvalue weighted by atomic mass is 15.1. The maximum absolute atomic E-state index is 5.81. The second-order valence-electron chi connectivity index (χ2n) is 4.42. The van der Waals surface area contributed by atoms with Gasteiger partial charge in [0.1, 0.15) is 0 Å². The van der Waals surface area contributed by atoms with Gasteiger partial charge in [0.25, 0.3) is 0 Å². The van der Waals surface area contributed by atoms with Crippen LogP contribution in [-0.4, -0.2) is 44.2 Å². The molecule has 1 fully saturated rings. The Morgan fingerprint density at radius 2 is 1.92 bits per heavy atom. The first-order valence-corrected chi connectivity index (χ1v) is 5.28. The molecule has 0 saturated heterocycles. The number of hydrogen-bond donors (Lipinski definition) is 2. The molecule has 0 unspecified atom stereocenters. The van der Waals surface area contributed by atoms with Crippen LogP contribution in [0.3, 0.4) is 0 Å². The van der Waals surface area contributed by atoms with Crippen molar-refractivity contribution < 1.29 is 0 Å². The van der Waals surface area contributed by atoms with Gasteiger partial charge in [-0.3, -0.25) is 0 Å². The Bertz CT molecular complexity index is 139. The Balaban J connectivity index is 2.23. The molecule has 3 nitrogen and oxygen atoms in total. The molecule has 3 heteroatoms. The van der Waals surface area contributed by atoms with Gasteiger partial charge in [-0.05, 0) is 26.9 Å². The van der Waals surface area contributed by atoms with Crippen molar-refractivity contribution in [2.24, 2.45) is 5.73 Å². The number of nitrogens with zero attached hydrogens (tertiary/aromatic N) is 1. The fraction of sp³-hybridized carbons (Fsp3) is 1.00. The van der Waals surface area contributed by atoms with E-state index in [1.54, 1.807) is 0 Å². The fourth-order valence-electron chi connectivity index (χ4n) is 2.05. The summed E-state index contributed by atoms with van der Waals surface area (Å²) in [6.07, 6.45) is 5.20. The molecule has 0 spiro atoms. The van der Waals surface area contributed by atoms with E-state index in [-0.39, 0.29) is 5.54 Å². The molecule has 1 aliphatic carbocycles. The minimum absolute atomic E-state index is 0.274. The van der Waals surface area contributed by atoms with Crippen LogP contribution >= 0.6 is 0 Å². The van der Waals surface area contributed by atoms with Crippen LogP contribution in [0.1, 0.15) is 25.7 Å². The fourth-order valence-corrected chi connectivity index (χ4v) is 2.05. The lowest BCUT2D eigenvalue weighted by Gasteiger charge is -2.29. The predicted molar refractivity (Wildman–Crippen MR) is 56.8 cm³/mol. The molecule has 3 N–H and O–H groups in total. The zero-order valence-electron chi connectivity index (χ0n) is 8.97. The smallest absolute Gasteiger partial charge is 0.0304 e. The summed E-state index contributed by atoms with van der Waals surface area (Å²) in [7, 11) is 4.21. The number of rotatable bonds is 5. The van der Waals surface area contributed by atoms with Crippen molar-refractivity contribution >= 4 is 0 Å². The molecule has 78 valence electrons. The third kappa shape index (κ3) is 3.25. The number of hydrogen-bond acceptors (Lipinski definition) is 3. The van der Waals surface area contributed by atoms with Gasteiger partial charge in [-0.1, -0.05) is 12.8 Å². The van der Waals surface area contributed by atoms with Gasteiger partial charge in [-0.2, -0.15) is 0 Å². The normalized spacial score (nSPS) is 21.2. The van der Waals surface area contributed by atoms with Gasteiger partial charge in [-0.15, -0.1) is 0 Å². The lowest BCUT2D eigenvalue weighted by molar-refractivity contribution is 0.310. The van der Waals surface area contributed by atoms with Gasteiger partial charge in [0.15, 0.2) is 0 Å². The quantitative estimate of drug-likeness (QED) is 0.652. The molecule has 0 amide bonds. The van der Waals surface area contributed by atoms with Crippen molar-refractivity contribution in [1.29, 1.82) is 0 Å². The van der Waals surface area contributed by atoms with Crippen molar-refractivity contribution in [2.45, 2.75) is 31.2 Å². The van der Waals surface area contributed by atoms with Gasteiger partial charge in [0.2, 0.25) is 0 Å². The summed E-state index contributed by atoms with van der Waals surface area (Å²) in [5, 5.41) is 3.61. The average Bonchev–Trinajstić information content (AvgIpc) is 2.53. The third-order valence-corrected chi connectivity index (χ3v) is 3.01. The largest absolute Gasteiger partial charge is 0.329 e. The number of nitrogens with two attached hydrogens (primary N) is 1. The van der Waals surface area contributed by atoms with Crippen LogP contribution in [0.2, 0.25) is 0 Å². The lowest BCUT2D eigenvalue weighted by Crippen LogP contribution is -2.50. The van der Waals surface area contributed by atoms with Gasteiger partial charge in [0, 0.05) is 25.2 Å². The van der Waals surface area contributed by atoms with Crippen LogP contribution in [0, 0.1) is 0 Å². The molecule has 1 rings (SSSR count). The van der Waals surface area contributed by atoms with E-state index < -0.39 is 0 Å². The van der Waals surface area contributed by atoms with E-state index in [2.05, 4.69) is 24.3 Å². The highest BCUT2D eigenvalue weighted by Crippen LogP contribution is 2.28. The molecule has 0 atom stereocenters. The first-order chi connectivity index (χ1) is 6.18. The van der Waals surface area contributed by atoms with Crippen molar-refractivity contribution in [1.82, 2.24) is 10.2 Å². The van der Waals surface area contributed by atoms with E-state index in [1.807, 2.05) is 0 Å². The van der Waals surface area contributed by atoms with E-state index in [1.165, 1.54) is 25.7 Å². The highest BCUT2D eigenvalue weighted by Gasteiger charge is 2.31. The Hall–Kier alpha value is -0.120. The molecule has 0 bridgehead atoms. The van der Waals surface area contributed by atoms with Gasteiger partial charge in [-0.25, -0.2) is 0 Å². The van der Waals surface area contributed by atoms with Crippen molar-refractivity contribution in [3.63, 3.8) is 0 Å². The van der Waals surface area contributed by atoms with Gasteiger partial charge < -0.3 is 16.0 Å². The van der Waals surface area contributed by atoms with E-state index in [9.17, 15) is 0 Å². The molecular weight excluding hydrogens is 162 g/mol. The van der Waals surface area contributed by atoms with Crippen molar-refractivity contribution in [3.05, 3.63) is 0 Å². The molecular formula is C10H23N3. The summed E-state index contributed by atoms with van der Waals surface area (Å²) >= 11 is 0. The molecule has 1 aliphatic rings. The molecule has 1 saturated carbocycles. The van der Waals surface area contributed by atoms with E-state index in [0.29, 0.717) is 0 Å². The van der Waals surface area contributed by atoms with Crippen LogP contribution in [0.15, 0.2) is 0 Å². The standard InChI is InChI=1S/C10H23N3/c1-13(2)8-7-12-10(9-11)5-3-4-6-10/h12H,3-9,11H2,1-2H3. The topological polar surface area (TPSA) is 41.3 Å². The van der Waals surface area contributed by atoms with Crippen molar-refractivity contribution in [2.75, 3.05) is 33.7 Å². The lowest BCUT2D eigenvalue weighted by atomic mass is 9.98. The monoisotopic (exact) mass is 185 g/mol. The average molecular weight is 185 g/mol. The van der Waals surface area contributed by atoms with Gasteiger partial charge >= 0.3 is 0 Å². The molecule has 0 aromatic heterocycles. The molecule has 0 aliphatic heterocycles. The molecule has 0 aromatic carbocycles. The summed E-state index contributed by atoms with van der Waals surface area (Å²) in [6.45, 7) is 2.95. The third-order valence-electron chi connectivity index (χ3n) is 3.01. The Kier molecular flexibility index (Phi) is 4.16. The van der Waals surface area contributed by atoms with E-state index >= 15 is 0 Å². The SMILES string of the molecule is CN(C)CCNC1(CN)CCCC1. The first-order valence-electron chi connectivity index (χ1n) is 5.28. The minimum Gasteiger partial charge on any atom is -0.329 e. The Morgan fingerprint density at radius 1 is 1.31 bits per heavy atom. The molecule has 0 radical (unpaired) electrons. The zero-order chi connectivity index (χ0) is 9.73. The molecule has 0 aromatic rings. The van der Waals surface area contributed by atoms with Crippen LogP contribution < -0.4 is 11.1 Å². The molecule has 13 heavy (non-hydrogen) atoms. The highest BCUT2D eigenvalue weighted by molar-refractivity contribution is 4.93. The zero-order valence-corrected chi connectivity index (χ0v) is 8.97. The first kappa shape index (κ1) is 11.0. The summed E-state index contributed by atoms with van der Waals surface area (Å²) in [4.78, 5) is 2.20. The minimum atomic E-state index is 0.274. The summed E-state index contributed by atoms with van der Waals surface area (Å²) in [6, 6.07) is 0. The maximum Gasteiger partial charge on any atom is 0.0304 e. The van der Waals surface area contributed by atoms with Crippen LogP contribution in [0.25, 0.3) is 0 Å². The van der Waals surface area contributed by atoms with Crippen LogP contribution in [0.4, 0.5) is 0 Å². The summed E-state index contributed by atoms with van der Waals surface area (Å²) in [5.74, 6) is 0. The van der Waals surface area contributed by atoms with Crippen LogP contribution in [-0.2, 0) is 0 Å². The van der Waals surface area contributed by atoms with Crippen LogP contribution in [0.5, 0.6) is 0 Å².